The molecule has 3 nitrogen and oxygen atoms in total. The van der Waals surface area contributed by atoms with Crippen molar-refractivity contribution in [3.8, 4) is 0 Å². The van der Waals surface area contributed by atoms with Crippen molar-refractivity contribution in [3.05, 3.63) is 36.3 Å². The van der Waals surface area contributed by atoms with Crippen LogP contribution in [0.1, 0.15) is 6.42 Å². The normalized spacial score (nSPS) is 19.7. The Hall–Kier alpha value is -1.68. The highest BCUT2D eigenvalue weighted by Gasteiger charge is 2.23. The molecule has 1 atom stereocenters. The average Bonchev–Trinajstić information content (AvgIpc) is 2.86. The smallest absolute Gasteiger partial charge is 0.136 e. The molecule has 3 rings (SSSR count). The predicted molar refractivity (Wildman–Crippen MR) is 71.1 cm³/mol. The number of pyridine rings is 1. The number of nitrogens with zero attached hydrogens (tertiary/aromatic N) is 2. The second kappa shape index (κ2) is 4.53. The van der Waals surface area contributed by atoms with E-state index < -0.39 is 0 Å². The third-order valence-electron chi connectivity index (χ3n) is 3.63. The molecule has 1 saturated heterocycles. The Labute approximate surface area is 105 Å². The van der Waals surface area contributed by atoms with Gasteiger partial charge in [0.15, 0.2) is 0 Å². The summed E-state index contributed by atoms with van der Waals surface area (Å²) < 4.78 is 13.4. The molecule has 2 aromatic rings. The number of rotatable bonds is 2. The fourth-order valence-electron chi connectivity index (χ4n) is 2.59. The fraction of sp³-hybridized carbons (Fsp3) is 0.357. The molecule has 18 heavy (non-hydrogen) atoms. The van der Waals surface area contributed by atoms with Crippen molar-refractivity contribution in [1.82, 2.24) is 4.98 Å². The van der Waals surface area contributed by atoms with Crippen LogP contribution in [0.4, 0.5) is 10.2 Å². The lowest BCUT2D eigenvalue weighted by Crippen LogP contribution is -2.23. The molecule has 2 N–H and O–H groups in total. The van der Waals surface area contributed by atoms with Crippen LogP contribution in [0.2, 0.25) is 0 Å². The van der Waals surface area contributed by atoms with Gasteiger partial charge < -0.3 is 10.6 Å². The third kappa shape index (κ3) is 1.93. The first kappa shape index (κ1) is 11.4. The number of benzene rings is 1. The summed E-state index contributed by atoms with van der Waals surface area (Å²) in [6, 6.07) is 6.76. The summed E-state index contributed by atoms with van der Waals surface area (Å²) in [5.41, 5.74) is 5.70. The number of hydrogen-bond acceptors (Lipinski definition) is 3. The number of aromatic nitrogens is 1. The molecule has 94 valence electrons. The minimum atomic E-state index is -0.216. The van der Waals surface area contributed by atoms with E-state index in [4.69, 9.17) is 5.73 Å². The van der Waals surface area contributed by atoms with Crippen LogP contribution in [-0.2, 0) is 0 Å². The third-order valence-corrected chi connectivity index (χ3v) is 3.63. The zero-order chi connectivity index (χ0) is 12.5. The van der Waals surface area contributed by atoms with Gasteiger partial charge in [0.2, 0.25) is 0 Å². The maximum Gasteiger partial charge on any atom is 0.136 e. The first-order valence-electron chi connectivity index (χ1n) is 6.27. The van der Waals surface area contributed by atoms with E-state index in [1.807, 2.05) is 6.07 Å². The Morgan fingerprint density at radius 3 is 3.06 bits per heavy atom. The number of nitrogens with two attached hydrogens (primary N) is 1. The maximum absolute atomic E-state index is 13.4. The molecule has 1 fully saturated rings. The lowest BCUT2D eigenvalue weighted by atomic mass is 10.1. The molecule has 1 aliphatic heterocycles. The van der Waals surface area contributed by atoms with E-state index in [-0.39, 0.29) is 5.82 Å². The molecular weight excluding hydrogens is 229 g/mol. The molecule has 0 radical (unpaired) electrons. The highest BCUT2D eigenvalue weighted by atomic mass is 19.1. The van der Waals surface area contributed by atoms with Gasteiger partial charge >= 0.3 is 0 Å². The van der Waals surface area contributed by atoms with Crippen LogP contribution >= 0.6 is 0 Å². The van der Waals surface area contributed by atoms with E-state index in [1.165, 1.54) is 6.07 Å². The van der Waals surface area contributed by atoms with Crippen molar-refractivity contribution < 1.29 is 4.39 Å². The van der Waals surface area contributed by atoms with Gasteiger partial charge in [-0.25, -0.2) is 9.37 Å². The van der Waals surface area contributed by atoms with Crippen LogP contribution < -0.4 is 10.6 Å². The van der Waals surface area contributed by atoms with E-state index in [1.54, 1.807) is 18.3 Å². The monoisotopic (exact) mass is 245 g/mol. The first-order valence-corrected chi connectivity index (χ1v) is 6.27. The quantitative estimate of drug-likeness (QED) is 0.881. The molecule has 0 bridgehead atoms. The van der Waals surface area contributed by atoms with Gasteiger partial charge in [-0.1, -0.05) is 6.07 Å². The number of hydrogen-bond donors (Lipinski definition) is 1. The molecule has 0 unspecified atom stereocenters. The Morgan fingerprint density at radius 2 is 2.28 bits per heavy atom. The maximum atomic E-state index is 13.4. The standard InChI is InChI=1S/C14H16FN3/c15-12-2-1-11-3-5-17-14(13(11)7-12)18-6-4-10(8-16)9-18/h1-3,5,7,10H,4,6,8-9,16H2/t10-/m0/s1. The van der Waals surface area contributed by atoms with Gasteiger partial charge in [0.05, 0.1) is 0 Å². The summed E-state index contributed by atoms with van der Waals surface area (Å²) in [5.74, 6) is 1.19. The SMILES string of the molecule is NC[C@@H]1CCN(c2nccc3ccc(F)cc23)C1. The van der Waals surface area contributed by atoms with Crippen molar-refractivity contribution in [2.24, 2.45) is 11.7 Å². The van der Waals surface area contributed by atoms with Crippen LogP contribution in [0.15, 0.2) is 30.5 Å². The highest BCUT2D eigenvalue weighted by Crippen LogP contribution is 2.29. The highest BCUT2D eigenvalue weighted by molar-refractivity contribution is 5.92. The van der Waals surface area contributed by atoms with Crippen LogP contribution in [0.25, 0.3) is 10.8 Å². The van der Waals surface area contributed by atoms with Gasteiger partial charge in [0.25, 0.3) is 0 Å². The zero-order valence-electron chi connectivity index (χ0n) is 10.1. The minimum Gasteiger partial charge on any atom is -0.356 e. The summed E-state index contributed by atoms with van der Waals surface area (Å²) in [5, 5.41) is 1.91. The minimum absolute atomic E-state index is 0.216. The van der Waals surface area contributed by atoms with Gasteiger partial charge in [-0.15, -0.1) is 0 Å². The van der Waals surface area contributed by atoms with E-state index in [0.717, 1.165) is 36.1 Å². The average molecular weight is 245 g/mol. The second-order valence-corrected chi connectivity index (χ2v) is 4.84. The fourth-order valence-corrected chi connectivity index (χ4v) is 2.59. The van der Waals surface area contributed by atoms with Gasteiger partial charge in [0.1, 0.15) is 11.6 Å². The van der Waals surface area contributed by atoms with Crippen molar-refractivity contribution in [3.63, 3.8) is 0 Å². The van der Waals surface area contributed by atoms with Gasteiger partial charge in [-0.2, -0.15) is 0 Å². The van der Waals surface area contributed by atoms with Crippen molar-refractivity contribution in [2.75, 3.05) is 24.5 Å². The van der Waals surface area contributed by atoms with Crippen LogP contribution in [-0.4, -0.2) is 24.6 Å². The summed E-state index contributed by atoms with van der Waals surface area (Å²) in [4.78, 5) is 6.62. The summed E-state index contributed by atoms with van der Waals surface area (Å²) >= 11 is 0. The molecular formula is C14H16FN3. The van der Waals surface area contributed by atoms with E-state index in [0.29, 0.717) is 12.5 Å². The lowest BCUT2D eigenvalue weighted by Gasteiger charge is -2.19. The van der Waals surface area contributed by atoms with Gasteiger partial charge in [-0.3, -0.25) is 0 Å². The summed E-state index contributed by atoms with van der Waals surface area (Å²) in [6.45, 7) is 2.57. The Kier molecular flexibility index (Phi) is 2.88. The first-order chi connectivity index (χ1) is 8.78. The summed E-state index contributed by atoms with van der Waals surface area (Å²) in [6.07, 6.45) is 2.87. The van der Waals surface area contributed by atoms with Gasteiger partial charge in [-0.05, 0) is 42.5 Å². The number of halogens is 1. The molecule has 1 aliphatic rings. The van der Waals surface area contributed by atoms with Crippen molar-refractivity contribution >= 4 is 16.6 Å². The predicted octanol–water partition coefficient (Wildman–Crippen LogP) is 2.16. The number of fused-ring (bicyclic) bond motifs is 1. The van der Waals surface area contributed by atoms with E-state index in [9.17, 15) is 4.39 Å². The zero-order valence-corrected chi connectivity index (χ0v) is 10.1. The molecule has 4 heteroatoms. The molecule has 0 aliphatic carbocycles. The molecule has 2 heterocycles. The van der Waals surface area contributed by atoms with Crippen LogP contribution in [0.3, 0.4) is 0 Å². The van der Waals surface area contributed by atoms with Gasteiger partial charge in [0, 0.05) is 24.7 Å². The Morgan fingerprint density at radius 1 is 1.39 bits per heavy atom. The largest absolute Gasteiger partial charge is 0.356 e. The second-order valence-electron chi connectivity index (χ2n) is 4.84. The molecule has 0 saturated carbocycles. The lowest BCUT2D eigenvalue weighted by molar-refractivity contribution is 0.602. The van der Waals surface area contributed by atoms with Crippen molar-refractivity contribution in [2.45, 2.75) is 6.42 Å². The van der Waals surface area contributed by atoms with Crippen molar-refractivity contribution in [1.29, 1.82) is 0 Å². The molecule has 0 spiro atoms. The molecule has 1 aromatic carbocycles. The number of anilines is 1. The molecule has 0 amide bonds. The van der Waals surface area contributed by atoms with Crippen LogP contribution in [0.5, 0.6) is 0 Å². The van der Waals surface area contributed by atoms with Crippen LogP contribution in [0, 0.1) is 11.7 Å². The van der Waals surface area contributed by atoms with E-state index >= 15 is 0 Å². The Bertz CT molecular complexity index is 570. The van der Waals surface area contributed by atoms with E-state index in [2.05, 4.69) is 9.88 Å². The topological polar surface area (TPSA) is 42.1 Å². The molecule has 1 aromatic heterocycles. The Balaban J connectivity index is 2.04. The summed E-state index contributed by atoms with van der Waals surface area (Å²) in [7, 11) is 0.